The van der Waals surface area contributed by atoms with Crippen molar-refractivity contribution in [2.24, 2.45) is 17.4 Å². The predicted octanol–water partition coefficient (Wildman–Crippen LogP) is -1.71. The van der Waals surface area contributed by atoms with Crippen LogP contribution in [-0.2, 0) is 28.8 Å². The number of hydrogen-bond acceptors (Lipinski definition) is 14. The fourth-order valence-corrected chi connectivity index (χ4v) is 3.95. The van der Waals surface area contributed by atoms with Crippen LogP contribution in [0.3, 0.4) is 0 Å². The molecule has 0 bridgehead atoms. The zero-order valence-corrected chi connectivity index (χ0v) is 20.1. The number of hydrogen-bond donors (Lipinski definition) is 5. The van der Waals surface area contributed by atoms with E-state index in [9.17, 15) is 49.9 Å². The van der Waals surface area contributed by atoms with Crippen molar-refractivity contribution in [2.75, 3.05) is 6.61 Å². The van der Waals surface area contributed by atoms with Gasteiger partial charge in [-0.15, -0.1) is 20.2 Å². The molecule has 0 radical (unpaired) electrons. The van der Waals surface area contributed by atoms with Crippen LogP contribution < -0.4 is 11.5 Å². The van der Waals surface area contributed by atoms with Gasteiger partial charge in [0.25, 0.3) is 10.2 Å². The summed E-state index contributed by atoms with van der Waals surface area (Å²) in [6, 6.07) is -0.675. The number of esters is 1. The van der Waals surface area contributed by atoms with Crippen molar-refractivity contribution in [3.63, 3.8) is 0 Å². The molecule has 0 aliphatic heterocycles. The summed E-state index contributed by atoms with van der Waals surface area (Å²) in [5, 5.41) is 48.6. The van der Waals surface area contributed by atoms with Gasteiger partial charge < -0.3 is 41.2 Å². The molecule has 1 aliphatic rings. The van der Waals surface area contributed by atoms with Gasteiger partial charge in [-0.2, -0.15) is 0 Å². The highest BCUT2D eigenvalue weighted by atomic mass is 17.0. The first-order valence-electron chi connectivity index (χ1n) is 11.7. The van der Waals surface area contributed by atoms with Gasteiger partial charge in [-0.05, 0) is 38.5 Å². The smallest absolute Gasteiger partial charge is 0.306 e. The molecule has 0 aromatic carbocycles. The number of amides is 1. The average Bonchev–Trinajstić information content (AvgIpc) is 2.81. The van der Waals surface area contributed by atoms with Gasteiger partial charge in [0, 0.05) is 25.3 Å². The zero-order chi connectivity index (χ0) is 28.1. The highest BCUT2D eigenvalue weighted by molar-refractivity contribution is 5.79. The lowest BCUT2D eigenvalue weighted by atomic mass is 9.80. The SMILES string of the molecule is NC(=O)C1C(OC(=O)CCC(O)C(O)CCC(=O)CCCC(CO[N+](=O)[O-])O[N+](=O)[O-])CCC(N)C1O. The number of Topliss-reactive ketones (excluding diaryl/α,β-unsaturated/α-hetero) is 1. The Balaban J connectivity index is 2.35. The molecule has 37 heavy (non-hydrogen) atoms. The molecule has 0 spiro atoms. The molecule has 17 heteroatoms. The number of ketones is 1. The van der Waals surface area contributed by atoms with Gasteiger partial charge in [-0.1, -0.05) is 0 Å². The van der Waals surface area contributed by atoms with Crippen LogP contribution in [0.5, 0.6) is 0 Å². The van der Waals surface area contributed by atoms with Gasteiger partial charge in [0.1, 0.15) is 30.5 Å². The third-order valence-corrected chi connectivity index (χ3v) is 5.99. The van der Waals surface area contributed by atoms with E-state index in [1.807, 2.05) is 0 Å². The third kappa shape index (κ3) is 12.1. The van der Waals surface area contributed by atoms with Crippen molar-refractivity contribution >= 4 is 17.7 Å². The Morgan fingerprint density at radius 1 is 0.973 bits per heavy atom. The Morgan fingerprint density at radius 2 is 1.59 bits per heavy atom. The lowest BCUT2D eigenvalue weighted by Gasteiger charge is -2.36. The van der Waals surface area contributed by atoms with Crippen molar-refractivity contribution in [3.8, 4) is 0 Å². The minimum Gasteiger partial charge on any atom is -0.461 e. The van der Waals surface area contributed by atoms with E-state index in [2.05, 4.69) is 9.68 Å². The topological polar surface area (TPSA) is 278 Å². The first-order valence-corrected chi connectivity index (χ1v) is 11.7. The lowest BCUT2D eigenvalue weighted by molar-refractivity contribution is -0.790. The second-order valence-corrected chi connectivity index (χ2v) is 8.80. The van der Waals surface area contributed by atoms with E-state index in [1.54, 1.807) is 0 Å². The number of carbonyl (C=O) groups is 3. The van der Waals surface area contributed by atoms with E-state index in [4.69, 9.17) is 16.2 Å². The summed E-state index contributed by atoms with van der Waals surface area (Å²) in [5.74, 6) is -3.11. The molecule has 1 aliphatic carbocycles. The van der Waals surface area contributed by atoms with E-state index >= 15 is 0 Å². The Labute approximate surface area is 211 Å². The maximum atomic E-state index is 12.2. The number of rotatable bonds is 18. The van der Waals surface area contributed by atoms with E-state index in [1.165, 1.54) is 0 Å². The van der Waals surface area contributed by atoms with Crippen molar-refractivity contribution in [2.45, 2.75) is 94.3 Å². The normalized spacial score (nSPS) is 23.8. The highest BCUT2D eigenvalue weighted by Crippen LogP contribution is 2.27. The number of ether oxygens (including phenoxy) is 1. The highest BCUT2D eigenvalue weighted by Gasteiger charge is 2.42. The number of carbonyl (C=O) groups excluding carboxylic acids is 3. The minimum absolute atomic E-state index is 0.0525. The van der Waals surface area contributed by atoms with Gasteiger partial charge in [0.15, 0.2) is 0 Å². The molecule has 0 heterocycles. The van der Waals surface area contributed by atoms with E-state index < -0.39 is 71.1 Å². The Bertz CT molecular complexity index is 798. The maximum absolute atomic E-state index is 12.2. The molecule has 0 aromatic heterocycles. The molecule has 1 amide bonds. The van der Waals surface area contributed by atoms with Crippen LogP contribution in [0.15, 0.2) is 0 Å². The third-order valence-electron chi connectivity index (χ3n) is 5.99. The summed E-state index contributed by atoms with van der Waals surface area (Å²) < 4.78 is 5.23. The van der Waals surface area contributed by atoms with E-state index in [-0.39, 0.29) is 57.1 Å². The number of aliphatic hydroxyl groups excluding tert-OH is 3. The quantitative estimate of drug-likeness (QED) is 0.0738. The largest absolute Gasteiger partial charge is 0.461 e. The maximum Gasteiger partial charge on any atom is 0.306 e. The fraction of sp³-hybridized carbons (Fsp3) is 0.850. The van der Waals surface area contributed by atoms with E-state index in [0.29, 0.717) is 6.42 Å². The molecule has 0 saturated heterocycles. The number of aliphatic hydroxyl groups is 3. The Morgan fingerprint density at radius 3 is 2.16 bits per heavy atom. The molecule has 7 N–H and O–H groups in total. The molecule has 1 fully saturated rings. The molecule has 7 atom stereocenters. The summed E-state index contributed by atoms with van der Waals surface area (Å²) in [5.41, 5.74) is 11.0. The zero-order valence-electron chi connectivity index (χ0n) is 20.1. The molecule has 17 nitrogen and oxygen atoms in total. The monoisotopic (exact) mass is 538 g/mol. The van der Waals surface area contributed by atoms with Gasteiger partial charge >= 0.3 is 5.97 Å². The molecule has 0 aromatic rings. The second kappa shape index (κ2) is 15.9. The van der Waals surface area contributed by atoms with Crippen LogP contribution in [0.1, 0.15) is 57.8 Å². The molecule has 1 saturated carbocycles. The second-order valence-electron chi connectivity index (χ2n) is 8.80. The molecular formula is C20H34N4O13. The summed E-state index contributed by atoms with van der Waals surface area (Å²) >= 11 is 0. The first-order chi connectivity index (χ1) is 17.3. The van der Waals surface area contributed by atoms with Crippen LogP contribution in [0.2, 0.25) is 0 Å². The Hall–Kier alpha value is -3.15. The van der Waals surface area contributed by atoms with Gasteiger partial charge in [-0.25, -0.2) is 0 Å². The van der Waals surface area contributed by atoms with Crippen LogP contribution in [0.25, 0.3) is 0 Å². The Kier molecular flexibility index (Phi) is 13.7. The predicted molar refractivity (Wildman–Crippen MR) is 120 cm³/mol. The summed E-state index contributed by atoms with van der Waals surface area (Å²) in [6.45, 7) is -0.673. The number of nitrogens with zero attached hydrogens (tertiary/aromatic N) is 2. The van der Waals surface area contributed by atoms with Crippen molar-refractivity contribution in [1.29, 1.82) is 0 Å². The van der Waals surface area contributed by atoms with Crippen molar-refractivity contribution in [1.82, 2.24) is 0 Å². The summed E-state index contributed by atoms with van der Waals surface area (Å²) in [4.78, 5) is 64.8. The minimum atomic E-state index is -1.35. The fourth-order valence-electron chi connectivity index (χ4n) is 3.95. The molecular weight excluding hydrogens is 504 g/mol. The average molecular weight is 539 g/mol. The van der Waals surface area contributed by atoms with Crippen LogP contribution in [-0.4, -0.2) is 86.3 Å². The van der Waals surface area contributed by atoms with Crippen LogP contribution in [0, 0.1) is 26.1 Å². The molecule has 1 rings (SSSR count). The van der Waals surface area contributed by atoms with Gasteiger partial charge in [0.05, 0.1) is 18.3 Å². The van der Waals surface area contributed by atoms with E-state index in [0.717, 1.165) is 0 Å². The van der Waals surface area contributed by atoms with Crippen LogP contribution >= 0.6 is 0 Å². The molecule has 7 unspecified atom stereocenters. The number of nitrogens with two attached hydrogens (primary N) is 2. The van der Waals surface area contributed by atoms with Gasteiger partial charge in [-0.3, -0.25) is 14.4 Å². The standard InChI is InChI=1S/C20H34N4O13/c21-13-5-8-16(18(19(13)29)20(22)30)36-17(28)9-7-15(27)14(26)6-4-11(25)2-1-3-12(37-24(33)34)10-35-23(31)32/h12-16,18-19,26-27,29H,1-10,21H2,(H2,22,30). The van der Waals surface area contributed by atoms with Gasteiger partial charge in [0.2, 0.25) is 5.91 Å². The lowest BCUT2D eigenvalue weighted by Crippen LogP contribution is -2.55. The first kappa shape index (κ1) is 31.9. The van der Waals surface area contributed by atoms with Crippen LogP contribution in [0.4, 0.5) is 0 Å². The summed E-state index contributed by atoms with van der Waals surface area (Å²) in [6.07, 6.45) is -6.34. The molecule has 212 valence electrons. The van der Waals surface area contributed by atoms with Crippen molar-refractivity contribution < 1.29 is 54.3 Å². The summed E-state index contributed by atoms with van der Waals surface area (Å²) in [7, 11) is 0. The number of primary amides is 1. The van der Waals surface area contributed by atoms with Crippen molar-refractivity contribution in [3.05, 3.63) is 20.2 Å².